The Morgan fingerprint density at radius 2 is 1.90 bits per heavy atom. The number of rotatable bonds is 4. The van der Waals surface area contributed by atoms with Crippen LogP contribution < -0.4 is 14.8 Å². The number of carboxylic acid groups (broad SMARTS) is 1. The molecular weight excluding hydrogens is 274 g/mol. The number of carbonyl (C=O) groups excluding carboxylic acids is 1. The highest BCUT2D eigenvalue weighted by molar-refractivity contribution is 5.95. The topological polar surface area (TPSA) is 84.9 Å². The van der Waals surface area contributed by atoms with Crippen LogP contribution in [0.4, 0.5) is 0 Å². The summed E-state index contributed by atoms with van der Waals surface area (Å²) < 4.78 is 11.0. The van der Waals surface area contributed by atoms with E-state index in [4.69, 9.17) is 14.6 Å². The van der Waals surface area contributed by atoms with E-state index in [2.05, 4.69) is 5.32 Å². The van der Waals surface area contributed by atoms with E-state index in [-0.39, 0.29) is 12.3 Å². The van der Waals surface area contributed by atoms with Crippen LogP contribution >= 0.6 is 0 Å². The molecule has 0 atom stereocenters. The third-order valence-electron chi connectivity index (χ3n) is 3.05. The first-order valence-corrected chi connectivity index (χ1v) is 6.81. The molecule has 6 heteroatoms. The van der Waals surface area contributed by atoms with Gasteiger partial charge in [-0.15, -0.1) is 0 Å². The summed E-state index contributed by atoms with van der Waals surface area (Å²) >= 11 is 0. The number of nitrogens with one attached hydrogen (secondary N) is 1. The third kappa shape index (κ3) is 4.11. The van der Waals surface area contributed by atoms with Gasteiger partial charge in [-0.05, 0) is 32.0 Å². The van der Waals surface area contributed by atoms with E-state index < -0.39 is 11.5 Å². The van der Waals surface area contributed by atoms with Gasteiger partial charge in [0.25, 0.3) is 5.91 Å². The van der Waals surface area contributed by atoms with Crippen LogP contribution in [0.2, 0.25) is 0 Å². The van der Waals surface area contributed by atoms with Crippen molar-refractivity contribution in [2.75, 3.05) is 13.2 Å². The van der Waals surface area contributed by atoms with Crippen LogP contribution in [0.1, 0.15) is 37.0 Å². The van der Waals surface area contributed by atoms with Crippen molar-refractivity contribution in [3.8, 4) is 11.5 Å². The van der Waals surface area contributed by atoms with Gasteiger partial charge < -0.3 is 19.9 Å². The number of hydrogen-bond donors (Lipinski definition) is 2. The van der Waals surface area contributed by atoms with Crippen molar-refractivity contribution < 1.29 is 24.2 Å². The maximum atomic E-state index is 12.2. The molecule has 1 aromatic carbocycles. The minimum absolute atomic E-state index is 0.150. The van der Waals surface area contributed by atoms with Gasteiger partial charge >= 0.3 is 5.97 Å². The average Bonchev–Trinajstić information content (AvgIpc) is 2.60. The van der Waals surface area contributed by atoms with E-state index in [1.807, 2.05) is 0 Å². The number of carboxylic acids is 1. The van der Waals surface area contributed by atoms with Crippen LogP contribution in [-0.4, -0.2) is 35.7 Å². The molecule has 0 aliphatic carbocycles. The van der Waals surface area contributed by atoms with E-state index >= 15 is 0 Å². The second-order valence-corrected chi connectivity index (χ2v) is 5.62. The number of ether oxygens (including phenoxy) is 2. The molecule has 0 aromatic heterocycles. The quantitative estimate of drug-likeness (QED) is 0.884. The summed E-state index contributed by atoms with van der Waals surface area (Å²) in [6, 6.07) is 4.95. The van der Waals surface area contributed by atoms with Crippen LogP contribution in [-0.2, 0) is 4.79 Å². The standard InChI is InChI=1S/C15H19NO5/c1-15(2,9-13(17)18)16-14(19)10-4-5-11-12(8-10)21-7-3-6-20-11/h4-5,8H,3,6-7,9H2,1-2H3,(H,16,19)(H,17,18). The largest absolute Gasteiger partial charge is 0.490 e. The lowest BCUT2D eigenvalue weighted by molar-refractivity contribution is -0.138. The van der Waals surface area contributed by atoms with Crippen molar-refractivity contribution >= 4 is 11.9 Å². The highest BCUT2D eigenvalue weighted by atomic mass is 16.5. The Labute approximate surface area is 123 Å². The Bertz CT molecular complexity index is 553. The maximum absolute atomic E-state index is 12.2. The van der Waals surface area contributed by atoms with Gasteiger partial charge in [0.1, 0.15) is 0 Å². The molecule has 2 rings (SSSR count). The van der Waals surface area contributed by atoms with Gasteiger partial charge in [0.15, 0.2) is 11.5 Å². The van der Waals surface area contributed by atoms with E-state index in [1.54, 1.807) is 32.0 Å². The molecule has 0 saturated carbocycles. The zero-order chi connectivity index (χ0) is 15.5. The van der Waals surface area contributed by atoms with E-state index in [0.29, 0.717) is 30.3 Å². The summed E-state index contributed by atoms with van der Waals surface area (Å²) in [5.41, 5.74) is -0.412. The molecule has 2 N–H and O–H groups in total. The molecule has 0 fully saturated rings. The molecule has 21 heavy (non-hydrogen) atoms. The van der Waals surface area contributed by atoms with Crippen LogP contribution in [0.5, 0.6) is 11.5 Å². The van der Waals surface area contributed by atoms with Crippen molar-refractivity contribution in [3.63, 3.8) is 0 Å². The van der Waals surface area contributed by atoms with Gasteiger partial charge in [-0.3, -0.25) is 9.59 Å². The van der Waals surface area contributed by atoms with Crippen molar-refractivity contribution in [2.45, 2.75) is 32.2 Å². The van der Waals surface area contributed by atoms with E-state index in [1.165, 1.54) is 0 Å². The third-order valence-corrected chi connectivity index (χ3v) is 3.05. The summed E-state index contributed by atoms with van der Waals surface area (Å²) in [7, 11) is 0. The molecule has 114 valence electrons. The molecule has 1 aromatic rings. The fraction of sp³-hybridized carbons (Fsp3) is 0.467. The zero-order valence-electron chi connectivity index (χ0n) is 12.1. The molecule has 0 spiro atoms. The molecule has 1 aliphatic rings. The first kappa shape index (κ1) is 15.2. The molecule has 1 heterocycles. The lowest BCUT2D eigenvalue weighted by atomic mass is 10.00. The Balaban J connectivity index is 2.13. The molecule has 0 radical (unpaired) electrons. The smallest absolute Gasteiger partial charge is 0.305 e. The number of fused-ring (bicyclic) bond motifs is 1. The average molecular weight is 293 g/mol. The zero-order valence-corrected chi connectivity index (χ0v) is 12.1. The molecule has 1 amide bonds. The molecule has 0 unspecified atom stereocenters. The lowest BCUT2D eigenvalue weighted by Gasteiger charge is -2.24. The Kier molecular flexibility index (Phi) is 4.35. The Morgan fingerprint density at radius 3 is 2.57 bits per heavy atom. The molecule has 0 bridgehead atoms. The van der Waals surface area contributed by atoms with Gasteiger partial charge in [-0.25, -0.2) is 0 Å². The number of hydrogen-bond acceptors (Lipinski definition) is 4. The van der Waals surface area contributed by atoms with E-state index in [9.17, 15) is 9.59 Å². The normalized spacial score (nSPS) is 14.2. The SMILES string of the molecule is CC(C)(CC(=O)O)NC(=O)c1ccc2c(c1)OCCCO2. The molecular formula is C15H19NO5. The second-order valence-electron chi connectivity index (χ2n) is 5.62. The lowest BCUT2D eigenvalue weighted by Crippen LogP contribution is -2.44. The highest BCUT2D eigenvalue weighted by Crippen LogP contribution is 2.30. The highest BCUT2D eigenvalue weighted by Gasteiger charge is 2.25. The minimum atomic E-state index is -0.959. The van der Waals surface area contributed by atoms with Crippen LogP contribution in [0.3, 0.4) is 0 Å². The first-order valence-electron chi connectivity index (χ1n) is 6.81. The van der Waals surface area contributed by atoms with Gasteiger partial charge in [0, 0.05) is 17.5 Å². The molecule has 1 aliphatic heterocycles. The van der Waals surface area contributed by atoms with Gasteiger partial charge in [-0.1, -0.05) is 0 Å². The van der Waals surface area contributed by atoms with E-state index in [0.717, 1.165) is 6.42 Å². The van der Waals surface area contributed by atoms with Crippen LogP contribution in [0.25, 0.3) is 0 Å². The number of carbonyl (C=O) groups is 2. The summed E-state index contributed by atoms with van der Waals surface area (Å²) in [6.07, 6.45) is 0.644. The van der Waals surface area contributed by atoms with Crippen LogP contribution in [0.15, 0.2) is 18.2 Å². The maximum Gasteiger partial charge on any atom is 0.305 e. The Hall–Kier alpha value is -2.24. The van der Waals surface area contributed by atoms with Gasteiger partial charge in [0.05, 0.1) is 19.6 Å². The molecule has 0 saturated heterocycles. The summed E-state index contributed by atoms with van der Waals surface area (Å²) in [5, 5.41) is 11.5. The second kappa shape index (κ2) is 6.03. The number of aliphatic carboxylic acids is 1. The predicted octanol–water partition coefficient (Wildman–Crippen LogP) is 1.83. The molecule has 6 nitrogen and oxygen atoms in total. The summed E-state index contributed by atoms with van der Waals surface area (Å²) in [6.45, 7) is 4.47. The fourth-order valence-corrected chi connectivity index (χ4v) is 2.11. The van der Waals surface area contributed by atoms with Crippen molar-refractivity contribution in [1.82, 2.24) is 5.32 Å². The first-order chi connectivity index (χ1) is 9.87. The van der Waals surface area contributed by atoms with Crippen molar-refractivity contribution in [3.05, 3.63) is 23.8 Å². The summed E-state index contributed by atoms with van der Waals surface area (Å²) in [5.74, 6) is -0.138. The van der Waals surface area contributed by atoms with Gasteiger partial charge in [0.2, 0.25) is 0 Å². The number of benzene rings is 1. The monoisotopic (exact) mass is 293 g/mol. The Morgan fingerprint density at radius 1 is 1.24 bits per heavy atom. The minimum Gasteiger partial charge on any atom is -0.490 e. The van der Waals surface area contributed by atoms with Crippen LogP contribution in [0, 0.1) is 0 Å². The number of amides is 1. The predicted molar refractivity (Wildman–Crippen MR) is 75.8 cm³/mol. The fourth-order valence-electron chi connectivity index (χ4n) is 2.11. The van der Waals surface area contributed by atoms with Crippen molar-refractivity contribution in [2.24, 2.45) is 0 Å². The summed E-state index contributed by atoms with van der Waals surface area (Å²) in [4.78, 5) is 23.0. The van der Waals surface area contributed by atoms with Gasteiger partial charge in [-0.2, -0.15) is 0 Å². The van der Waals surface area contributed by atoms with Crippen molar-refractivity contribution in [1.29, 1.82) is 0 Å².